The first-order valence-corrected chi connectivity index (χ1v) is 5.86. The number of hydrogen-bond acceptors (Lipinski definition) is 2. The fourth-order valence-corrected chi connectivity index (χ4v) is 1.90. The van der Waals surface area contributed by atoms with Gasteiger partial charge in [-0.2, -0.15) is 0 Å². The summed E-state index contributed by atoms with van der Waals surface area (Å²) in [4.78, 5) is 0. The molecule has 0 amide bonds. The van der Waals surface area contributed by atoms with Gasteiger partial charge >= 0.3 is 0 Å². The van der Waals surface area contributed by atoms with Crippen LogP contribution < -0.4 is 0 Å². The van der Waals surface area contributed by atoms with Crippen LogP contribution in [0.4, 0.5) is 13.2 Å². The SMILES string of the molecule is CC(C)(C)c1nnc(Cl)n1-c1c(F)cc(F)cc1F. The average Bonchev–Trinajstić information content (AvgIpc) is 2.59. The van der Waals surface area contributed by atoms with Crippen molar-refractivity contribution in [3.8, 4) is 5.69 Å². The zero-order valence-corrected chi connectivity index (χ0v) is 11.3. The van der Waals surface area contributed by atoms with Crippen molar-refractivity contribution >= 4 is 11.6 Å². The fourth-order valence-electron chi connectivity index (χ4n) is 1.70. The van der Waals surface area contributed by atoms with Crippen molar-refractivity contribution < 1.29 is 13.2 Å². The summed E-state index contributed by atoms with van der Waals surface area (Å²) in [6.45, 7) is 5.38. The Morgan fingerprint density at radius 2 is 1.58 bits per heavy atom. The molecule has 0 aliphatic rings. The zero-order chi connectivity index (χ0) is 14.4. The molecule has 3 nitrogen and oxygen atoms in total. The fraction of sp³-hybridized carbons (Fsp3) is 0.333. The lowest BCUT2D eigenvalue weighted by Crippen LogP contribution is -2.19. The zero-order valence-electron chi connectivity index (χ0n) is 10.5. The van der Waals surface area contributed by atoms with Gasteiger partial charge in [-0.25, -0.2) is 13.2 Å². The minimum atomic E-state index is -1.07. The minimum absolute atomic E-state index is 0.186. The molecule has 0 radical (unpaired) electrons. The van der Waals surface area contributed by atoms with Crippen LogP contribution in [-0.2, 0) is 5.41 Å². The molecule has 0 saturated heterocycles. The number of nitrogens with zero attached hydrogens (tertiary/aromatic N) is 3. The van der Waals surface area contributed by atoms with Crippen molar-refractivity contribution in [2.75, 3.05) is 0 Å². The van der Waals surface area contributed by atoms with E-state index >= 15 is 0 Å². The van der Waals surface area contributed by atoms with Crippen molar-refractivity contribution in [3.63, 3.8) is 0 Å². The molecule has 2 aromatic rings. The Bertz CT molecular complexity index is 609. The molecule has 7 heteroatoms. The van der Waals surface area contributed by atoms with Gasteiger partial charge in [0, 0.05) is 17.5 Å². The molecule has 0 unspecified atom stereocenters. The Balaban J connectivity index is 2.77. The van der Waals surface area contributed by atoms with Gasteiger partial charge < -0.3 is 0 Å². The molecular formula is C12H11ClF3N3. The summed E-state index contributed by atoms with van der Waals surface area (Å²) >= 11 is 5.83. The smallest absolute Gasteiger partial charge is 0.229 e. The predicted octanol–water partition coefficient (Wildman–Crippen LogP) is 3.64. The third kappa shape index (κ3) is 2.45. The van der Waals surface area contributed by atoms with Gasteiger partial charge in [-0.05, 0) is 11.6 Å². The van der Waals surface area contributed by atoms with Gasteiger partial charge in [0.25, 0.3) is 0 Å². The minimum Gasteiger partial charge on any atom is -0.263 e. The first-order chi connectivity index (χ1) is 8.71. The molecule has 1 aromatic carbocycles. The van der Waals surface area contributed by atoms with Crippen LogP contribution >= 0.6 is 11.6 Å². The second-order valence-electron chi connectivity index (χ2n) is 5.10. The largest absolute Gasteiger partial charge is 0.263 e. The molecule has 0 fully saturated rings. The van der Waals surface area contributed by atoms with Crippen molar-refractivity contribution in [2.24, 2.45) is 0 Å². The van der Waals surface area contributed by atoms with Crippen LogP contribution in [0, 0.1) is 17.5 Å². The second-order valence-corrected chi connectivity index (χ2v) is 5.43. The van der Waals surface area contributed by atoms with E-state index in [4.69, 9.17) is 11.6 Å². The first-order valence-electron chi connectivity index (χ1n) is 5.48. The van der Waals surface area contributed by atoms with Crippen LogP contribution in [0.25, 0.3) is 5.69 Å². The van der Waals surface area contributed by atoms with E-state index in [1.807, 2.05) is 0 Å². The Kier molecular flexibility index (Phi) is 3.30. The third-order valence-electron chi connectivity index (χ3n) is 2.50. The van der Waals surface area contributed by atoms with Gasteiger partial charge in [0.05, 0.1) is 0 Å². The number of rotatable bonds is 1. The first kappa shape index (κ1) is 13.9. The molecule has 0 N–H and O–H groups in total. The maximum absolute atomic E-state index is 13.8. The Hall–Kier alpha value is -1.56. The van der Waals surface area contributed by atoms with Gasteiger partial charge in [0.1, 0.15) is 17.3 Å². The summed E-state index contributed by atoms with van der Waals surface area (Å²) in [6, 6.07) is 1.17. The molecule has 0 atom stereocenters. The summed E-state index contributed by atoms with van der Waals surface area (Å²) < 4.78 is 41.6. The molecule has 2 rings (SSSR count). The van der Waals surface area contributed by atoms with Crippen LogP contribution in [0.3, 0.4) is 0 Å². The van der Waals surface area contributed by atoms with Crippen LogP contribution in [0.2, 0.25) is 5.28 Å². The maximum atomic E-state index is 13.8. The van der Waals surface area contributed by atoms with Gasteiger partial charge in [0.2, 0.25) is 5.28 Å². The lowest BCUT2D eigenvalue weighted by Gasteiger charge is -2.19. The third-order valence-corrected chi connectivity index (χ3v) is 2.74. The maximum Gasteiger partial charge on any atom is 0.229 e. The summed E-state index contributed by atoms with van der Waals surface area (Å²) in [6.07, 6.45) is 0. The molecule has 0 bridgehead atoms. The molecular weight excluding hydrogens is 279 g/mol. The summed E-state index contributed by atoms with van der Waals surface area (Å²) in [5.74, 6) is -2.85. The molecule has 1 heterocycles. The summed E-state index contributed by atoms with van der Waals surface area (Å²) in [5, 5.41) is 7.25. The highest BCUT2D eigenvalue weighted by Crippen LogP contribution is 2.29. The summed E-state index contributed by atoms with van der Waals surface area (Å²) in [7, 11) is 0. The van der Waals surface area contributed by atoms with Gasteiger partial charge in [-0.3, -0.25) is 4.57 Å². The van der Waals surface area contributed by atoms with E-state index in [0.29, 0.717) is 12.1 Å². The monoisotopic (exact) mass is 289 g/mol. The number of halogens is 4. The topological polar surface area (TPSA) is 30.7 Å². The molecule has 0 aliphatic carbocycles. The highest BCUT2D eigenvalue weighted by atomic mass is 35.5. The van der Waals surface area contributed by atoms with Gasteiger partial charge in [-0.15, -0.1) is 10.2 Å². The number of aromatic nitrogens is 3. The lowest BCUT2D eigenvalue weighted by atomic mass is 9.95. The van der Waals surface area contributed by atoms with Crippen LogP contribution in [0.5, 0.6) is 0 Å². The van der Waals surface area contributed by atoms with Gasteiger partial charge in [0.15, 0.2) is 11.6 Å². The van der Waals surface area contributed by atoms with E-state index in [1.165, 1.54) is 0 Å². The van der Waals surface area contributed by atoms with E-state index in [-0.39, 0.29) is 11.1 Å². The van der Waals surface area contributed by atoms with E-state index in [1.54, 1.807) is 20.8 Å². The Labute approximate surface area is 113 Å². The van der Waals surface area contributed by atoms with Crippen LogP contribution in [-0.4, -0.2) is 14.8 Å². The molecule has 0 aliphatic heterocycles. The molecule has 102 valence electrons. The molecule has 1 aromatic heterocycles. The predicted molar refractivity (Wildman–Crippen MR) is 64.9 cm³/mol. The van der Waals surface area contributed by atoms with E-state index < -0.39 is 28.6 Å². The van der Waals surface area contributed by atoms with E-state index in [2.05, 4.69) is 10.2 Å². The summed E-state index contributed by atoms with van der Waals surface area (Å²) in [5.41, 5.74) is -1.02. The molecule has 0 spiro atoms. The normalized spacial score (nSPS) is 11.9. The van der Waals surface area contributed by atoms with Crippen LogP contribution in [0.15, 0.2) is 12.1 Å². The standard InChI is InChI=1S/C12H11ClF3N3/c1-12(2,3)10-17-18-11(13)19(10)9-7(15)4-6(14)5-8(9)16/h4-5H,1-3H3. The Morgan fingerprint density at radius 1 is 1.05 bits per heavy atom. The molecule has 19 heavy (non-hydrogen) atoms. The van der Waals surface area contributed by atoms with Crippen molar-refractivity contribution in [2.45, 2.75) is 26.2 Å². The highest BCUT2D eigenvalue weighted by molar-refractivity contribution is 6.28. The second kappa shape index (κ2) is 4.52. The quantitative estimate of drug-likeness (QED) is 0.802. The number of hydrogen-bond donors (Lipinski definition) is 0. The Morgan fingerprint density at radius 3 is 2.05 bits per heavy atom. The van der Waals surface area contributed by atoms with E-state index in [9.17, 15) is 13.2 Å². The molecule has 0 saturated carbocycles. The average molecular weight is 290 g/mol. The number of benzene rings is 1. The van der Waals surface area contributed by atoms with Crippen molar-refractivity contribution in [3.05, 3.63) is 40.7 Å². The van der Waals surface area contributed by atoms with Crippen molar-refractivity contribution in [1.29, 1.82) is 0 Å². The van der Waals surface area contributed by atoms with E-state index in [0.717, 1.165) is 4.57 Å². The van der Waals surface area contributed by atoms with Crippen molar-refractivity contribution in [1.82, 2.24) is 14.8 Å². The lowest BCUT2D eigenvalue weighted by molar-refractivity contribution is 0.505. The van der Waals surface area contributed by atoms with Gasteiger partial charge in [-0.1, -0.05) is 20.8 Å². The highest BCUT2D eigenvalue weighted by Gasteiger charge is 2.27. The van der Waals surface area contributed by atoms with Crippen LogP contribution in [0.1, 0.15) is 26.6 Å².